The second kappa shape index (κ2) is 7.30. The largest absolute Gasteiger partial charge is 0.391 e. The number of hydrogen-bond donors (Lipinski definition) is 0. The molecule has 2 nitrogen and oxygen atoms in total. The zero-order valence-corrected chi connectivity index (χ0v) is 18.0. The van der Waals surface area contributed by atoms with Gasteiger partial charge in [-0.05, 0) is 36.7 Å². The smallest absolute Gasteiger partial charge is 0.221 e. The fraction of sp³-hybridized carbons (Fsp3) is 0.478. The van der Waals surface area contributed by atoms with Gasteiger partial charge in [-0.15, -0.1) is 0 Å². The average molecular weight is 368 g/mol. The topological polar surface area (TPSA) is 12.5 Å². The summed E-state index contributed by atoms with van der Waals surface area (Å²) in [6, 6.07) is 21.7. The second-order valence-corrected chi connectivity index (χ2v) is 12.7. The zero-order chi connectivity index (χ0) is 18.8. The lowest BCUT2D eigenvalue weighted by Gasteiger charge is -2.54. The highest BCUT2D eigenvalue weighted by Gasteiger charge is 2.53. The maximum atomic E-state index is 7.31. The number of nitrogens with zero attached hydrogens (tertiary/aromatic N) is 1. The first kappa shape index (κ1) is 19.3. The first-order valence-electron chi connectivity index (χ1n) is 9.84. The first-order chi connectivity index (χ1) is 12.3. The lowest BCUT2D eigenvalue weighted by molar-refractivity contribution is -0.163. The van der Waals surface area contributed by atoms with Crippen molar-refractivity contribution in [3.63, 3.8) is 0 Å². The van der Waals surface area contributed by atoms with Gasteiger partial charge >= 0.3 is 0 Å². The Morgan fingerprint density at radius 3 is 1.81 bits per heavy atom. The van der Waals surface area contributed by atoms with Gasteiger partial charge < -0.3 is 4.43 Å². The molecular formula is C23H33NOSi. The summed E-state index contributed by atoms with van der Waals surface area (Å²) >= 11 is 0. The van der Waals surface area contributed by atoms with Gasteiger partial charge in [-0.1, -0.05) is 81.4 Å². The minimum absolute atomic E-state index is 0.0439. The van der Waals surface area contributed by atoms with E-state index in [1.165, 1.54) is 23.6 Å². The van der Waals surface area contributed by atoms with Crippen LogP contribution in [0.2, 0.25) is 13.1 Å². The Kier molecular flexibility index (Phi) is 5.43. The minimum atomic E-state index is -2.12. The van der Waals surface area contributed by atoms with Crippen molar-refractivity contribution in [2.75, 3.05) is 13.1 Å². The van der Waals surface area contributed by atoms with E-state index >= 15 is 0 Å². The molecule has 1 aliphatic heterocycles. The molecule has 1 heterocycles. The Labute approximate surface area is 160 Å². The maximum Gasteiger partial charge on any atom is 0.221 e. The van der Waals surface area contributed by atoms with Gasteiger partial charge in [-0.25, -0.2) is 0 Å². The minimum Gasteiger partial charge on any atom is -0.391 e. The van der Waals surface area contributed by atoms with Gasteiger partial charge in [0.15, 0.2) is 0 Å². The van der Waals surface area contributed by atoms with Crippen LogP contribution in [0.1, 0.15) is 39.2 Å². The summed E-state index contributed by atoms with van der Waals surface area (Å²) < 4.78 is 7.31. The van der Waals surface area contributed by atoms with Crippen molar-refractivity contribution in [1.29, 1.82) is 0 Å². The third kappa shape index (κ3) is 3.53. The lowest BCUT2D eigenvalue weighted by Crippen LogP contribution is -2.62. The van der Waals surface area contributed by atoms with Gasteiger partial charge in [-0.3, -0.25) is 4.90 Å². The Morgan fingerprint density at radius 2 is 1.31 bits per heavy atom. The summed E-state index contributed by atoms with van der Waals surface area (Å²) in [7, 11) is -2.12. The third-order valence-corrected chi connectivity index (χ3v) is 8.13. The maximum absolute atomic E-state index is 7.31. The van der Waals surface area contributed by atoms with Crippen LogP contribution in [0.25, 0.3) is 0 Å². The molecule has 2 aromatic carbocycles. The van der Waals surface area contributed by atoms with Gasteiger partial charge in [0.1, 0.15) is 5.72 Å². The van der Waals surface area contributed by atoms with E-state index in [2.05, 4.69) is 99.4 Å². The summed E-state index contributed by atoms with van der Waals surface area (Å²) in [6.07, 6.45) is 2.50. The summed E-state index contributed by atoms with van der Waals surface area (Å²) in [5.74, 6) is 0. The number of rotatable bonds is 5. The van der Waals surface area contributed by atoms with Crippen molar-refractivity contribution in [1.82, 2.24) is 4.90 Å². The Morgan fingerprint density at radius 1 is 0.808 bits per heavy atom. The van der Waals surface area contributed by atoms with E-state index in [1.807, 2.05) is 0 Å². The predicted octanol–water partition coefficient (Wildman–Crippen LogP) is 5.11. The van der Waals surface area contributed by atoms with E-state index < -0.39 is 14.0 Å². The first-order valence-corrected chi connectivity index (χ1v) is 12.7. The quantitative estimate of drug-likeness (QED) is 0.681. The Bertz CT molecular complexity index is 702. The van der Waals surface area contributed by atoms with Crippen LogP contribution < -0.4 is 5.19 Å². The highest BCUT2D eigenvalue weighted by molar-refractivity contribution is 6.84. The molecule has 0 saturated carbocycles. The van der Waals surface area contributed by atoms with E-state index in [9.17, 15) is 0 Å². The molecule has 0 bridgehead atoms. The molecule has 0 amide bonds. The molecule has 3 heteroatoms. The van der Waals surface area contributed by atoms with Crippen LogP contribution in [-0.4, -0.2) is 26.3 Å². The van der Waals surface area contributed by atoms with Gasteiger partial charge in [0.2, 0.25) is 8.32 Å². The lowest BCUT2D eigenvalue weighted by atomic mass is 9.77. The van der Waals surface area contributed by atoms with E-state index in [0.29, 0.717) is 0 Å². The molecular weight excluding hydrogens is 334 g/mol. The molecule has 1 aliphatic rings. The Hall–Kier alpha value is -1.42. The van der Waals surface area contributed by atoms with Crippen LogP contribution in [0.3, 0.4) is 0 Å². The fourth-order valence-electron chi connectivity index (χ4n) is 4.33. The molecule has 140 valence electrons. The number of hydrogen-bond acceptors (Lipinski definition) is 2. The third-order valence-electron chi connectivity index (χ3n) is 5.60. The molecule has 1 atom stereocenters. The molecule has 3 rings (SSSR count). The van der Waals surface area contributed by atoms with Gasteiger partial charge in [0, 0.05) is 18.5 Å². The molecule has 0 aliphatic carbocycles. The molecule has 0 aromatic heterocycles. The Balaban J connectivity index is 2.14. The van der Waals surface area contributed by atoms with Gasteiger partial charge in [0.05, 0.1) is 0 Å². The molecule has 1 saturated heterocycles. The molecule has 0 unspecified atom stereocenters. The normalized spacial score (nSPS) is 18.7. The standard InChI is InChI=1S/C23H33NOSi/c1-22(2,3)23(24-18-12-13-19-24,20-14-8-6-9-15-20)25-26(4,5)21-16-10-7-11-17-21/h6-11,14-17H,12-13,18-19H2,1-5H3/t23-/m1/s1. The van der Waals surface area contributed by atoms with E-state index in [-0.39, 0.29) is 5.41 Å². The van der Waals surface area contributed by atoms with Crippen molar-refractivity contribution in [3.8, 4) is 0 Å². The van der Waals surface area contributed by atoms with Crippen LogP contribution in [0, 0.1) is 5.41 Å². The summed E-state index contributed by atoms with van der Waals surface area (Å²) in [5, 5.41) is 1.35. The summed E-state index contributed by atoms with van der Waals surface area (Å²) in [6.45, 7) is 13.9. The molecule has 1 fully saturated rings. The van der Waals surface area contributed by atoms with Crippen molar-refractivity contribution in [2.24, 2.45) is 5.41 Å². The highest BCUT2D eigenvalue weighted by Crippen LogP contribution is 2.48. The van der Waals surface area contributed by atoms with Crippen LogP contribution in [0.5, 0.6) is 0 Å². The highest BCUT2D eigenvalue weighted by atomic mass is 28.4. The monoisotopic (exact) mass is 367 g/mol. The molecule has 2 aromatic rings. The molecule has 0 N–H and O–H groups in total. The number of benzene rings is 2. The zero-order valence-electron chi connectivity index (χ0n) is 17.0. The van der Waals surface area contributed by atoms with Crippen molar-refractivity contribution >= 4 is 13.5 Å². The van der Waals surface area contributed by atoms with E-state index in [1.54, 1.807) is 0 Å². The predicted molar refractivity (Wildman–Crippen MR) is 113 cm³/mol. The van der Waals surface area contributed by atoms with Crippen molar-refractivity contribution in [3.05, 3.63) is 66.2 Å². The second-order valence-electron chi connectivity index (χ2n) is 8.93. The van der Waals surface area contributed by atoms with Crippen LogP contribution in [0.4, 0.5) is 0 Å². The van der Waals surface area contributed by atoms with Crippen LogP contribution in [0.15, 0.2) is 60.7 Å². The molecule has 0 spiro atoms. The summed E-state index contributed by atoms with van der Waals surface area (Å²) in [4.78, 5) is 2.60. The molecule has 26 heavy (non-hydrogen) atoms. The van der Waals surface area contributed by atoms with E-state index in [4.69, 9.17) is 4.43 Å². The van der Waals surface area contributed by atoms with E-state index in [0.717, 1.165) is 13.1 Å². The van der Waals surface area contributed by atoms with Crippen LogP contribution >= 0.6 is 0 Å². The molecule has 0 radical (unpaired) electrons. The average Bonchev–Trinajstić information content (AvgIpc) is 3.15. The van der Waals surface area contributed by atoms with Gasteiger partial charge in [-0.2, -0.15) is 0 Å². The van der Waals surface area contributed by atoms with Crippen LogP contribution in [-0.2, 0) is 10.2 Å². The van der Waals surface area contributed by atoms with Crippen molar-refractivity contribution in [2.45, 2.75) is 52.4 Å². The van der Waals surface area contributed by atoms with Crippen molar-refractivity contribution < 1.29 is 4.43 Å². The number of likely N-dealkylation sites (tertiary alicyclic amines) is 1. The fourth-order valence-corrected chi connectivity index (χ4v) is 6.74. The SMILES string of the molecule is CC(C)(C)[C@](O[Si](C)(C)c1ccccc1)(c1ccccc1)N1CCCC1. The summed E-state index contributed by atoms with van der Waals surface area (Å²) in [5.41, 5.74) is 0.833. The van der Waals surface area contributed by atoms with Gasteiger partial charge in [0.25, 0.3) is 0 Å².